The van der Waals surface area contributed by atoms with Gasteiger partial charge in [0.25, 0.3) is 0 Å². The third-order valence-electron chi connectivity index (χ3n) is 3.40. The fraction of sp³-hybridized carbons (Fsp3) is 1.00. The molecule has 0 aromatic rings. The van der Waals surface area contributed by atoms with Crippen molar-refractivity contribution in [2.24, 2.45) is 11.3 Å². The van der Waals surface area contributed by atoms with Gasteiger partial charge in [-0.2, -0.15) is 0 Å². The second-order valence-corrected chi connectivity index (χ2v) is 4.32. The summed E-state index contributed by atoms with van der Waals surface area (Å²) in [5.74, 6) is 0.559. The smallest absolute Gasteiger partial charge is 0.0596 e. The molecule has 74 valence electrons. The molecular formula is C11H24O. The quantitative estimate of drug-likeness (QED) is 0.675. The summed E-state index contributed by atoms with van der Waals surface area (Å²) < 4.78 is 0. The first-order valence-corrected chi connectivity index (χ1v) is 5.17. The first-order chi connectivity index (χ1) is 5.49. The third-order valence-corrected chi connectivity index (χ3v) is 3.40. The summed E-state index contributed by atoms with van der Waals surface area (Å²) in [7, 11) is 0. The van der Waals surface area contributed by atoms with E-state index in [1.807, 2.05) is 0 Å². The molecule has 0 fully saturated rings. The van der Waals surface area contributed by atoms with Crippen LogP contribution in [0.5, 0.6) is 0 Å². The molecule has 1 heteroatoms. The highest BCUT2D eigenvalue weighted by molar-refractivity contribution is 4.83. The standard InChI is InChI=1S/C11H24O/c1-6-8-10(12)11(5,7-2)9(3)4/h9-10,12H,6-8H2,1-5H3. The highest BCUT2D eigenvalue weighted by Gasteiger charge is 2.33. The van der Waals surface area contributed by atoms with Gasteiger partial charge in [0.1, 0.15) is 0 Å². The van der Waals surface area contributed by atoms with Gasteiger partial charge >= 0.3 is 0 Å². The Morgan fingerprint density at radius 2 is 1.75 bits per heavy atom. The summed E-state index contributed by atoms with van der Waals surface area (Å²) in [5.41, 5.74) is 0.107. The van der Waals surface area contributed by atoms with Gasteiger partial charge in [-0.05, 0) is 24.2 Å². The normalized spacial score (nSPS) is 19.2. The van der Waals surface area contributed by atoms with Crippen LogP contribution in [0.15, 0.2) is 0 Å². The molecule has 0 aliphatic rings. The van der Waals surface area contributed by atoms with Crippen LogP contribution in [-0.4, -0.2) is 11.2 Å². The van der Waals surface area contributed by atoms with E-state index >= 15 is 0 Å². The Morgan fingerprint density at radius 3 is 2.00 bits per heavy atom. The SMILES string of the molecule is CCCC(O)C(C)(CC)C(C)C. The summed E-state index contributed by atoms with van der Waals surface area (Å²) in [4.78, 5) is 0. The number of rotatable bonds is 5. The molecule has 2 unspecified atom stereocenters. The van der Waals surface area contributed by atoms with Crippen molar-refractivity contribution in [1.82, 2.24) is 0 Å². The average Bonchev–Trinajstić information content (AvgIpc) is 2.03. The van der Waals surface area contributed by atoms with Crippen LogP contribution in [0.3, 0.4) is 0 Å². The van der Waals surface area contributed by atoms with Gasteiger partial charge in [0.05, 0.1) is 6.10 Å². The summed E-state index contributed by atoms with van der Waals surface area (Å²) in [6.45, 7) is 10.9. The minimum Gasteiger partial charge on any atom is -0.393 e. The predicted molar refractivity (Wildman–Crippen MR) is 54.2 cm³/mol. The van der Waals surface area contributed by atoms with Crippen LogP contribution in [0.1, 0.15) is 53.9 Å². The summed E-state index contributed by atoms with van der Waals surface area (Å²) >= 11 is 0. The number of hydrogen-bond donors (Lipinski definition) is 1. The highest BCUT2D eigenvalue weighted by atomic mass is 16.3. The van der Waals surface area contributed by atoms with Crippen LogP contribution in [0.2, 0.25) is 0 Å². The number of aliphatic hydroxyl groups is 1. The molecule has 0 aromatic heterocycles. The first-order valence-electron chi connectivity index (χ1n) is 5.17. The molecule has 1 N–H and O–H groups in total. The van der Waals surface area contributed by atoms with Gasteiger partial charge in [0.15, 0.2) is 0 Å². The fourth-order valence-electron chi connectivity index (χ4n) is 1.63. The lowest BCUT2D eigenvalue weighted by Gasteiger charge is -2.37. The third kappa shape index (κ3) is 2.48. The van der Waals surface area contributed by atoms with Crippen molar-refractivity contribution in [1.29, 1.82) is 0 Å². The average molecular weight is 172 g/mol. The Kier molecular flexibility index (Phi) is 4.84. The van der Waals surface area contributed by atoms with Crippen molar-refractivity contribution < 1.29 is 5.11 Å². The van der Waals surface area contributed by atoms with E-state index in [1.54, 1.807) is 0 Å². The number of hydrogen-bond acceptors (Lipinski definition) is 1. The van der Waals surface area contributed by atoms with Gasteiger partial charge in [0, 0.05) is 0 Å². The van der Waals surface area contributed by atoms with Crippen molar-refractivity contribution in [3.05, 3.63) is 0 Å². The van der Waals surface area contributed by atoms with Gasteiger partial charge in [-0.3, -0.25) is 0 Å². The zero-order valence-corrected chi connectivity index (χ0v) is 9.22. The molecule has 0 aliphatic heterocycles. The van der Waals surface area contributed by atoms with E-state index in [1.165, 1.54) is 0 Å². The lowest BCUT2D eigenvalue weighted by molar-refractivity contribution is -0.00564. The zero-order chi connectivity index (χ0) is 9.78. The van der Waals surface area contributed by atoms with Crippen LogP contribution in [0.25, 0.3) is 0 Å². The molecule has 0 aliphatic carbocycles. The van der Waals surface area contributed by atoms with Crippen molar-refractivity contribution in [3.63, 3.8) is 0 Å². The Hall–Kier alpha value is -0.0400. The highest BCUT2D eigenvalue weighted by Crippen LogP contribution is 2.36. The van der Waals surface area contributed by atoms with E-state index in [-0.39, 0.29) is 11.5 Å². The zero-order valence-electron chi connectivity index (χ0n) is 9.22. The molecule has 0 saturated carbocycles. The van der Waals surface area contributed by atoms with E-state index in [9.17, 15) is 5.11 Å². The van der Waals surface area contributed by atoms with Gasteiger partial charge in [-0.15, -0.1) is 0 Å². The summed E-state index contributed by atoms with van der Waals surface area (Å²) in [6, 6.07) is 0. The van der Waals surface area contributed by atoms with Crippen molar-refractivity contribution >= 4 is 0 Å². The van der Waals surface area contributed by atoms with Crippen LogP contribution in [0, 0.1) is 11.3 Å². The molecule has 0 rings (SSSR count). The van der Waals surface area contributed by atoms with Crippen molar-refractivity contribution in [2.45, 2.75) is 60.0 Å². The molecule has 0 radical (unpaired) electrons. The predicted octanol–water partition coefficient (Wildman–Crippen LogP) is 3.22. The Morgan fingerprint density at radius 1 is 1.25 bits per heavy atom. The molecule has 12 heavy (non-hydrogen) atoms. The molecule has 2 atom stereocenters. The topological polar surface area (TPSA) is 20.2 Å². The van der Waals surface area contributed by atoms with E-state index < -0.39 is 0 Å². The van der Waals surface area contributed by atoms with Crippen molar-refractivity contribution in [2.75, 3.05) is 0 Å². The molecule has 0 amide bonds. The van der Waals surface area contributed by atoms with Gasteiger partial charge in [-0.1, -0.05) is 41.0 Å². The maximum atomic E-state index is 9.94. The molecule has 1 nitrogen and oxygen atoms in total. The Bertz CT molecular complexity index is 120. The van der Waals surface area contributed by atoms with Gasteiger partial charge < -0.3 is 5.11 Å². The van der Waals surface area contributed by atoms with Gasteiger partial charge in [0.2, 0.25) is 0 Å². The minimum atomic E-state index is -0.132. The van der Waals surface area contributed by atoms with E-state index in [2.05, 4.69) is 34.6 Å². The molecule has 0 heterocycles. The van der Waals surface area contributed by atoms with Crippen LogP contribution in [0.4, 0.5) is 0 Å². The van der Waals surface area contributed by atoms with Crippen molar-refractivity contribution in [3.8, 4) is 0 Å². The molecule has 0 saturated heterocycles. The fourth-order valence-corrected chi connectivity index (χ4v) is 1.63. The van der Waals surface area contributed by atoms with Crippen LogP contribution < -0.4 is 0 Å². The maximum Gasteiger partial charge on any atom is 0.0596 e. The first kappa shape index (κ1) is 12.0. The largest absolute Gasteiger partial charge is 0.393 e. The Balaban J connectivity index is 4.29. The molecule has 0 bridgehead atoms. The van der Waals surface area contributed by atoms with E-state index in [0.29, 0.717) is 5.92 Å². The van der Waals surface area contributed by atoms with E-state index in [0.717, 1.165) is 19.3 Å². The van der Waals surface area contributed by atoms with E-state index in [4.69, 9.17) is 0 Å². The van der Waals surface area contributed by atoms with Crippen LogP contribution in [-0.2, 0) is 0 Å². The Labute approximate surface area is 77.2 Å². The van der Waals surface area contributed by atoms with Crippen LogP contribution >= 0.6 is 0 Å². The molecule has 0 spiro atoms. The van der Waals surface area contributed by atoms with Gasteiger partial charge in [-0.25, -0.2) is 0 Å². The maximum absolute atomic E-state index is 9.94. The summed E-state index contributed by atoms with van der Waals surface area (Å²) in [5, 5.41) is 9.94. The lowest BCUT2D eigenvalue weighted by atomic mass is 9.71. The second kappa shape index (κ2) is 4.86. The monoisotopic (exact) mass is 172 g/mol. The minimum absolute atomic E-state index is 0.107. The second-order valence-electron chi connectivity index (χ2n) is 4.32. The number of aliphatic hydroxyl groups excluding tert-OH is 1. The molecule has 0 aromatic carbocycles. The molecular weight excluding hydrogens is 148 g/mol. The summed E-state index contributed by atoms with van der Waals surface area (Å²) in [6.07, 6.45) is 2.94. The lowest BCUT2D eigenvalue weighted by Crippen LogP contribution is -2.36.